The lowest BCUT2D eigenvalue weighted by atomic mass is 9.79. The molecule has 3 rings (SSSR count). The van der Waals surface area contributed by atoms with Crippen LogP contribution >= 0.6 is 0 Å². The van der Waals surface area contributed by atoms with Crippen molar-refractivity contribution in [1.29, 1.82) is 0 Å². The summed E-state index contributed by atoms with van der Waals surface area (Å²) in [5.41, 5.74) is -0.228. The number of rotatable bonds is 3. The molecule has 20 heavy (non-hydrogen) atoms. The molecule has 0 spiro atoms. The molecule has 1 aromatic rings. The van der Waals surface area contributed by atoms with Crippen molar-refractivity contribution in [3.63, 3.8) is 0 Å². The van der Waals surface area contributed by atoms with Crippen LogP contribution in [0.1, 0.15) is 19.4 Å². The number of β-lactam (4-membered cyclic amide) rings is 1. The van der Waals surface area contributed by atoms with Gasteiger partial charge in [0.05, 0.1) is 12.6 Å². The van der Waals surface area contributed by atoms with Crippen LogP contribution in [0.2, 0.25) is 0 Å². The Kier molecular flexibility index (Phi) is 2.81. The van der Waals surface area contributed by atoms with Crippen LogP contribution in [-0.2, 0) is 15.1 Å². The van der Waals surface area contributed by atoms with Crippen molar-refractivity contribution in [1.82, 2.24) is 10.2 Å². The zero-order chi connectivity index (χ0) is 14.5. The first kappa shape index (κ1) is 13.4. The molecule has 0 unspecified atom stereocenters. The lowest BCUT2D eigenvalue weighted by Gasteiger charge is -2.55. The van der Waals surface area contributed by atoms with Gasteiger partial charge in [0.25, 0.3) is 5.91 Å². The molecule has 2 aliphatic rings. The average molecular weight is 276 g/mol. The van der Waals surface area contributed by atoms with Crippen LogP contribution in [-0.4, -0.2) is 43.3 Å². The van der Waals surface area contributed by atoms with Crippen molar-refractivity contribution in [2.24, 2.45) is 0 Å². The maximum absolute atomic E-state index is 12.7. The molecule has 2 atom stereocenters. The molecule has 0 aliphatic carbocycles. The van der Waals surface area contributed by atoms with Gasteiger partial charge in [-0.2, -0.15) is 0 Å². The predicted molar refractivity (Wildman–Crippen MR) is 74.4 cm³/mol. The number of methoxy groups -OCH3 is 2. The Balaban J connectivity index is 1.99. The van der Waals surface area contributed by atoms with Crippen LogP contribution in [0.3, 0.4) is 0 Å². The van der Waals surface area contributed by atoms with Crippen LogP contribution in [0.5, 0.6) is 5.75 Å². The van der Waals surface area contributed by atoms with Crippen LogP contribution in [0, 0.1) is 0 Å². The van der Waals surface area contributed by atoms with Gasteiger partial charge < -0.3 is 14.4 Å². The van der Waals surface area contributed by atoms with Gasteiger partial charge in [0.2, 0.25) is 5.60 Å². The molecule has 1 N–H and O–H groups in total. The van der Waals surface area contributed by atoms with Crippen LogP contribution < -0.4 is 10.1 Å². The first-order chi connectivity index (χ1) is 9.47. The smallest absolute Gasteiger partial charge is 0.264 e. The molecule has 5 nitrogen and oxygen atoms in total. The highest BCUT2D eigenvalue weighted by atomic mass is 16.5. The van der Waals surface area contributed by atoms with Crippen LogP contribution in [0.25, 0.3) is 0 Å². The van der Waals surface area contributed by atoms with Crippen molar-refractivity contribution < 1.29 is 14.3 Å². The van der Waals surface area contributed by atoms with E-state index in [0.717, 1.165) is 17.9 Å². The minimum Gasteiger partial charge on any atom is -0.497 e. The van der Waals surface area contributed by atoms with E-state index in [0.29, 0.717) is 0 Å². The van der Waals surface area contributed by atoms with E-state index in [-0.39, 0.29) is 17.6 Å². The van der Waals surface area contributed by atoms with Gasteiger partial charge in [0, 0.05) is 13.7 Å². The molecular weight excluding hydrogens is 256 g/mol. The highest BCUT2D eigenvalue weighted by Gasteiger charge is 2.68. The van der Waals surface area contributed by atoms with Gasteiger partial charge in [-0.1, -0.05) is 12.1 Å². The summed E-state index contributed by atoms with van der Waals surface area (Å²) >= 11 is 0. The molecule has 2 aliphatic heterocycles. The minimum atomic E-state index is -0.917. The molecule has 1 aromatic carbocycles. The van der Waals surface area contributed by atoms with Crippen molar-refractivity contribution >= 4 is 5.91 Å². The zero-order valence-electron chi connectivity index (χ0n) is 12.3. The summed E-state index contributed by atoms with van der Waals surface area (Å²) in [6.07, 6.45) is -0.108. The second-order valence-corrected chi connectivity index (χ2v) is 5.94. The quantitative estimate of drug-likeness (QED) is 0.840. The van der Waals surface area contributed by atoms with E-state index in [1.807, 2.05) is 29.2 Å². The summed E-state index contributed by atoms with van der Waals surface area (Å²) < 4.78 is 10.8. The van der Waals surface area contributed by atoms with Gasteiger partial charge in [-0.05, 0) is 31.5 Å². The molecule has 0 bridgehead atoms. The molecule has 1 amide bonds. The molecule has 0 aromatic heterocycles. The standard InChI is InChI=1S/C15H20N2O3/c1-14(2)9-16-12-15(20-4,13(18)17(12)14)10-5-7-11(19-3)8-6-10/h5-8,12,16H,9H2,1-4H3/t12-,15+/m0/s1. The van der Waals surface area contributed by atoms with Gasteiger partial charge in [0.15, 0.2) is 0 Å². The van der Waals surface area contributed by atoms with Gasteiger partial charge in [-0.25, -0.2) is 0 Å². The number of amides is 1. The first-order valence-electron chi connectivity index (χ1n) is 6.74. The zero-order valence-corrected chi connectivity index (χ0v) is 12.3. The second-order valence-electron chi connectivity index (χ2n) is 5.94. The number of nitrogens with one attached hydrogen (secondary N) is 1. The number of hydrogen-bond acceptors (Lipinski definition) is 4. The SMILES string of the molecule is COc1ccc([C@]2(OC)C(=O)N3[C@@H]2NCC3(C)C)cc1. The highest BCUT2D eigenvalue weighted by Crippen LogP contribution is 2.48. The molecular formula is C15H20N2O3. The van der Waals surface area contributed by atoms with E-state index in [1.165, 1.54) is 0 Å². The summed E-state index contributed by atoms with van der Waals surface area (Å²) in [6.45, 7) is 4.89. The van der Waals surface area contributed by atoms with Crippen LogP contribution in [0.15, 0.2) is 24.3 Å². The Morgan fingerprint density at radius 2 is 1.90 bits per heavy atom. The molecule has 0 saturated carbocycles. The second kappa shape index (κ2) is 4.20. The largest absolute Gasteiger partial charge is 0.497 e. The Labute approximate surface area is 118 Å². The third-order valence-corrected chi connectivity index (χ3v) is 4.40. The molecule has 0 radical (unpaired) electrons. The van der Waals surface area contributed by atoms with Gasteiger partial charge in [0.1, 0.15) is 11.9 Å². The van der Waals surface area contributed by atoms with Crippen molar-refractivity contribution in [3.05, 3.63) is 29.8 Å². The minimum absolute atomic E-state index is 0.0187. The Hall–Kier alpha value is -1.59. The maximum atomic E-state index is 12.7. The Morgan fingerprint density at radius 1 is 1.25 bits per heavy atom. The Morgan fingerprint density at radius 3 is 2.45 bits per heavy atom. The van der Waals surface area contributed by atoms with E-state index in [1.54, 1.807) is 14.2 Å². The van der Waals surface area contributed by atoms with Crippen LogP contribution in [0.4, 0.5) is 0 Å². The van der Waals surface area contributed by atoms with E-state index in [4.69, 9.17) is 9.47 Å². The number of nitrogens with zero attached hydrogens (tertiary/aromatic N) is 1. The fourth-order valence-electron chi connectivity index (χ4n) is 3.26. The monoisotopic (exact) mass is 276 g/mol. The number of carbonyl (C=O) groups excluding carboxylic acids is 1. The number of carbonyl (C=O) groups is 1. The summed E-state index contributed by atoms with van der Waals surface area (Å²) in [4.78, 5) is 14.6. The summed E-state index contributed by atoms with van der Waals surface area (Å²) in [5.74, 6) is 0.786. The highest BCUT2D eigenvalue weighted by molar-refractivity contribution is 5.95. The van der Waals surface area contributed by atoms with Gasteiger partial charge >= 0.3 is 0 Å². The summed E-state index contributed by atoms with van der Waals surface area (Å²) in [5, 5.41) is 3.39. The van der Waals surface area contributed by atoms with Crippen molar-refractivity contribution in [2.45, 2.75) is 31.2 Å². The summed E-state index contributed by atoms with van der Waals surface area (Å²) in [6, 6.07) is 7.49. The van der Waals surface area contributed by atoms with Crippen molar-refractivity contribution in [3.8, 4) is 5.75 Å². The maximum Gasteiger partial charge on any atom is 0.264 e. The summed E-state index contributed by atoms with van der Waals surface area (Å²) in [7, 11) is 3.21. The fourth-order valence-corrected chi connectivity index (χ4v) is 3.26. The van der Waals surface area contributed by atoms with E-state index < -0.39 is 5.60 Å². The van der Waals surface area contributed by atoms with E-state index in [2.05, 4.69) is 19.2 Å². The first-order valence-corrected chi connectivity index (χ1v) is 6.74. The molecule has 108 valence electrons. The van der Waals surface area contributed by atoms with Crippen molar-refractivity contribution in [2.75, 3.05) is 20.8 Å². The molecule has 2 heterocycles. The Bertz CT molecular complexity index is 541. The number of ether oxygens (including phenoxy) is 2. The molecule has 5 heteroatoms. The number of benzene rings is 1. The third kappa shape index (κ3) is 1.47. The lowest BCUT2D eigenvalue weighted by molar-refractivity contribution is -0.207. The normalized spacial score (nSPS) is 30.9. The molecule has 2 fully saturated rings. The lowest BCUT2D eigenvalue weighted by Crippen LogP contribution is -2.75. The van der Waals surface area contributed by atoms with E-state index in [9.17, 15) is 4.79 Å². The number of hydrogen-bond donors (Lipinski definition) is 1. The topological polar surface area (TPSA) is 50.8 Å². The van der Waals surface area contributed by atoms with Gasteiger partial charge in [-0.3, -0.25) is 10.1 Å². The fraction of sp³-hybridized carbons (Fsp3) is 0.533. The van der Waals surface area contributed by atoms with Gasteiger partial charge in [-0.15, -0.1) is 0 Å². The third-order valence-electron chi connectivity index (χ3n) is 4.40. The average Bonchev–Trinajstić information content (AvgIpc) is 2.73. The number of fused-ring (bicyclic) bond motifs is 1. The molecule has 2 saturated heterocycles. The predicted octanol–water partition coefficient (Wildman–Crippen LogP) is 1.09. The van der Waals surface area contributed by atoms with E-state index >= 15 is 0 Å².